The van der Waals surface area contributed by atoms with Gasteiger partial charge in [-0.3, -0.25) is 9.59 Å². The van der Waals surface area contributed by atoms with Crippen molar-refractivity contribution in [2.24, 2.45) is 10.8 Å². The molecule has 0 aliphatic heterocycles. The molecule has 0 saturated carbocycles. The van der Waals surface area contributed by atoms with Gasteiger partial charge in [-0.15, -0.1) is 0 Å². The van der Waals surface area contributed by atoms with Crippen molar-refractivity contribution < 1.29 is 54.8 Å². The van der Waals surface area contributed by atoms with Crippen molar-refractivity contribution in [1.29, 1.82) is 0 Å². The first-order chi connectivity index (χ1) is 17.5. The van der Waals surface area contributed by atoms with E-state index in [1.807, 2.05) is 41.5 Å². The number of Topliss-reactive ketones (excluding diaryl/α,β-unsaturated/α-hetero) is 2. The minimum atomic E-state index is -0.436. The molecule has 0 spiro atoms. The zero-order valence-corrected chi connectivity index (χ0v) is 28.3. The van der Waals surface area contributed by atoms with E-state index in [9.17, 15) is 19.8 Å². The third kappa shape index (κ3) is 6.82. The van der Waals surface area contributed by atoms with Crippen LogP contribution in [0.25, 0.3) is 11.1 Å². The Balaban J connectivity index is 0.000000381. The van der Waals surface area contributed by atoms with E-state index >= 15 is 0 Å². The Morgan fingerprint density at radius 1 is 0.650 bits per heavy atom. The van der Waals surface area contributed by atoms with E-state index in [4.69, 9.17) is 0 Å². The number of aryl methyl sites for hydroxylation is 6. The minimum Gasteiger partial charge on any atom is -0.870 e. The van der Waals surface area contributed by atoms with E-state index in [2.05, 4.69) is 52.0 Å². The van der Waals surface area contributed by atoms with Crippen LogP contribution in [-0.2, 0) is 22.4 Å². The van der Waals surface area contributed by atoms with E-state index in [0.717, 1.165) is 46.2 Å². The molecule has 0 aromatic heterocycles. The third-order valence-corrected chi connectivity index (χ3v) is 7.90. The average Bonchev–Trinajstić information content (AvgIpc) is 3.13. The number of aliphatic hydroxyl groups excluding tert-OH is 2. The molecule has 6 heteroatoms. The fraction of sp³-hybridized carbons (Fsp3) is 0.471. The summed E-state index contributed by atoms with van der Waals surface area (Å²) in [6.07, 6.45) is 2.51. The predicted molar refractivity (Wildman–Crippen MR) is 158 cm³/mol. The fourth-order valence-electron chi connectivity index (χ4n) is 5.99. The first-order valence-corrected chi connectivity index (χ1v) is 13.7. The van der Waals surface area contributed by atoms with Crippen LogP contribution in [-0.4, -0.2) is 27.3 Å². The Kier molecular flexibility index (Phi) is 11.8. The van der Waals surface area contributed by atoms with Gasteiger partial charge in [-0.25, -0.2) is 0 Å². The molecule has 0 amide bonds. The van der Waals surface area contributed by atoms with Gasteiger partial charge in [0.05, 0.1) is 11.1 Å². The summed E-state index contributed by atoms with van der Waals surface area (Å²) in [5.74, 6) is 0.617. The number of hydrogen-bond acceptors (Lipinski definition) is 5. The zero-order valence-electron chi connectivity index (χ0n) is 26.3. The Morgan fingerprint density at radius 3 is 1.18 bits per heavy atom. The monoisotopic (exact) mass is 556 g/mol. The number of carbonyl (C=O) groups excluding carboxylic acids is 2. The van der Waals surface area contributed by atoms with Gasteiger partial charge in [-0.2, -0.15) is 0 Å². The maximum absolute atomic E-state index is 12.3. The fourth-order valence-corrected chi connectivity index (χ4v) is 5.99. The van der Waals surface area contributed by atoms with E-state index in [-0.39, 0.29) is 58.1 Å². The van der Waals surface area contributed by atoms with Crippen LogP contribution in [0.5, 0.6) is 0 Å². The summed E-state index contributed by atoms with van der Waals surface area (Å²) < 4.78 is 0. The zero-order chi connectivity index (χ0) is 28.7. The van der Waals surface area contributed by atoms with Crippen molar-refractivity contribution in [2.75, 3.05) is 0 Å². The predicted octanol–water partition coefficient (Wildman–Crippen LogP) is 5.10. The van der Waals surface area contributed by atoms with Crippen LogP contribution >= 0.6 is 0 Å². The largest absolute Gasteiger partial charge is 1.00 e. The Bertz CT molecular complexity index is 1270. The van der Waals surface area contributed by atoms with Gasteiger partial charge in [0.2, 0.25) is 0 Å². The average molecular weight is 557 g/mol. The van der Waals surface area contributed by atoms with Crippen molar-refractivity contribution >= 4 is 22.7 Å². The Labute approximate surface area is 262 Å². The summed E-state index contributed by atoms with van der Waals surface area (Å²) in [4.78, 5) is 24.6. The quantitative estimate of drug-likeness (QED) is 0.510. The number of ketones is 2. The first kappa shape index (κ1) is 35.8. The maximum atomic E-state index is 12.3. The molecule has 5 nitrogen and oxygen atoms in total. The van der Waals surface area contributed by atoms with Gasteiger partial charge in [-0.1, -0.05) is 76.9 Å². The molecule has 4 rings (SSSR count). The van der Waals surface area contributed by atoms with Crippen LogP contribution in [0.2, 0.25) is 0 Å². The molecular weight excluding hydrogens is 511 g/mol. The van der Waals surface area contributed by atoms with Gasteiger partial charge < -0.3 is 15.7 Å². The Morgan fingerprint density at radius 2 is 0.950 bits per heavy atom. The number of benzene rings is 2. The Hall–Kier alpha value is -2.18. The van der Waals surface area contributed by atoms with E-state index in [1.165, 1.54) is 11.1 Å². The van der Waals surface area contributed by atoms with Gasteiger partial charge in [0, 0.05) is 23.7 Å². The molecule has 2 aliphatic rings. The number of hydrogen-bond donors (Lipinski definition) is 2. The van der Waals surface area contributed by atoms with Crippen LogP contribution in [0, 0.1) is 38.5 Å². The molecule has 2 aliphatic carbocycles. The van der Waals surface area contributed by atoms with Crippen molar-refractivity contribution in [3.8, 4) is 0 Å². The second-order valence-corrected chi connectivity index (χ2v) is 12.4. The van der Waals surface area contributed by atoms with Crippen LogP contribution < -0.4 is 29.6 Å². The summed E-state index contributed by atoms with van der Waals surface area (Å²) in [7, 11) is 0. The maximum Gasteiger partial charge on any atom is 1.00 e. The molecule has 0 bridgehead atoms. The summed E-state index contributed by atoms with van der Waals surface area (Å²) in [6.45, 7) is 20.0. The molecular formula is C34H45NaO5. The van der Waals surface area contributed by atoms with Crippen LogP contribution in [0.3, 0.4) is 0 Å². The topological polar surface area (TPSA) is 105 Å². The van der Waals surface area contributed by atoms with Crippen LogP contribution in [0.1, 0.15) is 98.9 Å². The number of aliphatic hydroxyl groups is 2. The number of allylic oxidation sites excluding steroid dienone is 4. The first-order valence-electron chi connectivity index (χ1n) is 13.7. The van der Waals surface area contributed by atoms with Crippen LogP contribution in [0.4, 0.5) is 0 Å². The van der Waals surface area contributed by atoms with Crippen LogP contribution in [0.15, 0.2) is 35.8 Å². The smallest absolute Gasteiger partial charge is 0.870 e. The molecule has 0 saturated heterocycles. The normalized spacial score (nSPS) is 17.4. The molecule has 0 atom stereocenters. The van der Waals surface area contributed by atoms with Gasteiger partial charge in [0.15, 0.2) is 11.6 Å². The minimum absolute atomic E-state index is 0. The molecule has 2 aromatic carbocycles. The molecule has 0 radical (unpaired) electrons. The number of carbonyl (C=O) groups is 2. The van der Waals surface area contributed by atoms with E-state index in [0.29, 0.717) is 24.0 Å². The van der Waals surface area contributed by atoms with E-state index < -0.39 is 10.8 Å². The van der Waals surface area contributed by atoms with Crippen molar-refractivity contribution in [2.45, 2.75) is 94.9 Å². The molecule has 0 fully saturated rings. The van der Waals surface area contributed by atoms with Gasteiger partial charge in [-0.05, 0) is 73.9 Å². The van der Waals surface area contributed by atoms with Crippen molar-refractivity contribution in [1.82, 2.24) is 0 Å². The molecule has 0 unspecified atom stereocenters. The molecule has 2 aromatic rings. The van der Waals surface area contributed by atoms with Crippen molar-refractivity contribution in [3.05, 3.63) is 80.3 Å². The second-order valence-electron chi connectivity index (χ2n) is 12.4. The SMILES string of the molecule is CCc1cc(C)cc(C)c1C1=C(O)C(C)(C)CC1=O.CCc1cc(C)cc(C)c1C1=C(O)C(C)(C)CC1=O.[Na+].[OH-]. The summed E-state index contributed by atoms with van der Waals surface area (Å²) in [5, 5.41) is 20.8. The summed E-state index contributed by atoms with van der Waals surface area (Å²) in [5.41, 5.74) is 8.93. The molecule has 40 heavy (non-hydrogen) atoms. The molecule has 212 valence electrons. The third-order valence-electron chi connectivity index (χ3n) is 7.90. The van der Waals surface area contributed by atoms with Gasteiger partial charge >= 0.3 is 29.6 Å². The molecule has 3 N–H and O–H groups in total. The molecule has 0 heterocycles. The van der Waals surface area contributed by atoms with Gasteiger partial charge in [0.25, 0.3) is 0 Å². The number of rotatable bonds is 4. The summed E-state index contributed by atoms with van der Waals surface area (Å²) >= 11 is 0. The van der Waals surface area contributed by atoms with E-state index in [1.54, 1.807) is 0 Å². The second kappa shape index (κ2) is 13.2. The summed E-state index contributed by atoms with van der Waals surface area (Å²) in [6, 6.07) is 8.38. The van der Waals surface area contributed by atoms with Crippen molar-refractivity contribution in [3.63, 3.8) is 0 Å². The van der Waals surface area contributed by atoms with Gasteiger partial charge in [0.1, 0.15) is 11.5 Å². The standard InChI is InChI=1S/2C17H22O2.Na.H2O/c2*1-6-12-8-10(2)7-11(3)14(12)15-13(18)9-17(4,5)16(15)19;;/h2*7-8,19H,6,9H2,1-5H3;;1H2/q;;+1;/p-1.